The van der Waals surface area contributed by atoms with Crippen LogP contribution < -0.4 is 4.74 Å². The fraction of sp³-hybridized carbons (Fsp3) is 0.385. The van der Waals surface area contributed by atoms with Gasteiger partial charge in [-0.1, -0.05) is 68.3 Å². The van der Waals surface area contributed by atoms with Crippen LogP contribution in [-0.2, 0) is 11.2 Å². The molecule has 1 fully saturated rings. The fourth-order valence-electron chi connectivity index (χ4n) is 5.45. The molecule has 1 saturated carbocycles. The lowest BCUT2D eigenvalue weighted by Gasteiger charge is -2.45. The lowest BCUT2D eigenvalue weighted by molar-refractivity contribution is -0.128. The van der Waals surface area contributed by atoms with Gasteiger partial charge in [-0.15, -0.1) is 0 Å². The van der Waals surface area contributed by atoms with Gasteiger partial charge in [-0.05, 0) is 60.1 Å². The first-order valence-electron chi connectivity index (χ1n) is 11.1. The molecule has 1 heterocycles. The average Bonchev–Trinajstić information content (AvgIpc) is 3.22. The topological polar surface area (TPSA) is 59.4 Å². The number of benzene rings is 2. The van der Waals surface area contributed by atoms with Crippen molar-refractivity contribution in [3.63, 3.8) is 0 Å². The first-order chi connectivity index (χ1) is 15.6. The monoisotopic (exact) mass is 501 g/mol. The van der Waals surface area contributed by atoms with Crippen LogP contribution in [0.1, 0.15) is 51.7 Å². The van der Waals surface area contributed by atoms with E-state index in [-0.39, 0.29) is 22.9 Å². The van der Waals surface area contributed by atoms with E-state index in [2.05, 4.69) is 18.8 Å². The Hall–Kier alpha value is -2.08. The van der Waals surface area contributed by atoms with E-state index in [4.69, 9.17) is 27.9 Å². The summed E-state index contributed by atoms with van der Waals surface area (Å²) < 4.78 is 6.92. The Kier molecular flexibility index (Phi) is 5.31. The van der Waals surface area contributed by atoms with Crippen molar-refractivity contribution in [3.05, 3.63) is 57.3 Å². The van der Waals surface area contributed by atoms with Gasteiger partial charge in [0.25, 0.3) is 5.19 Å². The molecule has 2 aliphatic carbocycles. The Morgan fingerprint density at radius 1 is 1.21 bits per heavy atom. The van der Waals surface area contributed by atoms with Gasteiger partial charge in [0.05, 0.1) is 15.3 Å². The van der Waals surface area contributed by atoms with Crippen molar-refractivity contribution in [2.24, 2.45) is 16.7 Å². The van der Waals surface area contributed by atoms with Gasteiger partial charge in [0.2, 0.25) is 0 Å². The second kappa shape index (κ2) is 7.72. The minimum absolute atomic E-state index is 0.0204. The van der Waals surface area contributed by atoms with Crippen LogP contribution in [0.4, 0.5) is 0 Å². The summed E-state index contributed by atoms with van der Waals surface area (Å²) in [6.45, 7) is 8.29. The second-order valence-electron chi connectivity index (χ2n) is 9.72. The van der Waals surface area contributed by atoms with E-state index in [1.165, 1.54) is 11.3 Å². The molecule has 1 N–H and O–H groups in total. The second-order valence-corrected chi connectivity index (χ2v) is 11.6. The lowest BCUT2D eigenvalue weighted by atomic mass is 9.58. The zero-order valence-corrected chi connectivity index (χ0v) is 21.3. The number of ketones is 1. The number of ether oxygens (including phenoxy) is 1. The van der Waals surface area contributed by atoms with Crippen LogP contribution in [0, 0.1) is 16.7 Å². The highest BCUT2D eigenvalue weighted by Crippen LogP contribution is 2.63. The highest BCUT2D eigenvalue weighted by Gasteiger charge is 2.61. The molecule has 0 spiro atoms. The molecular formula is C26H25Cl2NO3S. The van der Waals surface area contributed by atoms with Crippen molar-refractivity contribution in [2.45, 2.75) is 47.0 Å². The summed E-state index contributed by atoms with van der Waals surface area (Å²) in [7, 11) is 0. The fourth-order valence-corrected chi connectivity index (χ4v) is 7.01. The van der Waals surface area contributed by atoms with Crippen LogP contribution in [0.25, 0.3) is 15.8 Å². The number of Topliss-reactive ketones (excluding diaryl/α,β-unsaturated/α-hetero) is 1. The number of fused-ring (bicyclic) bond motifs is 3. The van der Waals surface area contributed by atoms with Gasteiger partial charge in [0, 0.05) is 16.4 Å². The summed E-state index contributed by atoms with van der Waals surface area (Å²) in [6, 6.07) is 9.14. The van der Waals surface area contributed by atoms with Crippen molar-refractivity contribution in [2.75, 3.05) is 0 Å². The Morgan fingerprint density at radius 3 is 2.70 bits per heavy atom. The maximum Gasteiger partial charge on any atom is 0.279 e. The van der Waals surface area contributed by atoms with Crippen molar-refractivity contribution >= 4 is 56.1 Å². The standard InChI is InChI=1S/C26H25Cl2NO3S/c1-5-13-6-7-15(32-24-29-21-18(28)10-14(27)11-19(21)33-24)12-16(13)20-22(30)17-8-9-26(4,23(20)31)25(17,2)3/h6-7,10-12,17,30H,5,8-9H2,1-4H3/t17-,26+/m0/s1. The van der Waals surface area contributed by atoms with E-state index in [0.29, 0.717) is 32.1 Å². The van der Waals surface area contributed by atoms with Gasteiger partial charge in [-0.25, -0.2) is 4.98 Å². The van der Waals surface area contributed by atoms with Crippen LogP contribution in [0.2, 0.25) is 10.0 Å². The Bertz CT molecular complexity index is 1340. The Morgan fingerprint density at radius 2 is 1.97 bits per heavy atom. The number of thiazole rings is 1. The van der Waals surface area contributed by atoms with Crippen molar-refractivity contribution < 1.29 is 14.6 Å². The van der Waals surface area contributed by atoms with E-state index >= 15 is 0 Å². The molecule has 0 aliphatic heterocycles. The van der Waals surface area contributed by atoms with E-state index < -0.39 is 5.41 Å². The average molecular weight is 502 g/mol. The quantitative estimate of drug-likeness (QED) is 0.390. The van der Waals surface area contributed by atoms with Gasteiger partial charge < -0.3 is 9.84 Å². The largest absolute Gasteiger partial charge is 0.511 e. The maximum atomic E-state index is 13.8. The number of nitrogens with zero attached hydrogens (tertiary/aromatic N) is 1. The molecule has 4 nitrogen and oxygen atoms in total. The molecule has 172 valence electrons. The van der Waals surface area contributed by atoms with E-state index in [1.807, 2.05) is 32.0 Å². The molecule has 3 aromatic rings. The number of aliphatic hydroxyl groups is 1. The Balaban J connectivity index is 1.58. The van der Waals surface area contributed by atoms with Crippen LogP contribution >= 0.6 is 34.5 Å². The number of hydrogen-bond donors (Lipinski definition) is 1. The SMILES string of the molecule is CCc1ccc(Oc2nc3c(Cl)cc(Cl)cc3s2)cc1C1=C(O)[C@@H]2CC[C@](C)(C1=O)C2(C)C. The summed E-state index contributed by atoms with van der Waals surface area (Å²) >= 11 is 13.7. The molecule has 2 aromatic carbocycles. The number of aliphatic hydroxyl groups excluding tert-OH is 1. The molecule has 0 radical (unpaired) electrons. The normalized spacial score (nSPS) is 24.1. The molecular weight excluding hydrogens is 477 g/mol. The van der Waals surface area contributed by atoms with Gasteiger partial charge in [-0.2, -0.15) is 0 Å². The zero-order valence-electron chi connectivity index (χ0n) is 19.0. The minimum atomic E-state index is -0.496. The Labute approximate surface area is 207 Å². The van der Waals surface area contributed by atoms with Gasteiger partial charge in [0.1, 0.15) is 17.0 Å². The smallest absolute Gasteiger partial charge is 0.279 e. The molecule has 2 bridgehead atoms. The van der Waals surface area contributed by atoms with Gasteiger partial charge in [-0.3, -0.25) is 4.79 Å². The molecule has 0 amide bonds. The van der Waals surface area contributed by atoms with E-state index in [1.54, 1.807) is 12.1 Å². The molecule has 0 unspecified atom stereocenters. The summed E-state index contributed by atoms with van der Waals surface area (Å²) in [5, 5.41) is 12.7. The molecule has 0 saturated heterocycles. The number of carbonyl (C=O) groups excluding carboxylic acids is 1. The molecule has 33 heavy (non-hydrogen) atoms. The lowest BCUT2D eigenvalue weighted by Crippen LogP contribution is -2.45. The van der Waals surface area contributed by atoms with Gasteiger partial charge in [0.15, 0.2) is 5.78 Å². The number of aryl methyl sites for hydroxylation is 1. The third-order valence-electron chi connectivity index (χ3n) is 7.87. The highest BCUT2D eigenvalue weighted by molar-refractivity contribution is 7.20. The predicted octanol–water partition coefficient (Wildman–Crippen LogP) is 8.25. The number of halogens is 2. The minimum Gasteiger partial charge on any atom is -0.511 e. The summed E-state index contributed by atoms with van der Waals surface area (Å²) in [6.07, 6.45) is 2.33. The number of aromatic nitrogens is 1. The number of allylic oxidation sites excluding steroid dienone is 2. The summed E-state index contributed by atoms with van der Waals surface area (Å²) in [4.78, 5) is 18.3. The summed E-state index contributed by atoms with van der Waals surface area (Å²) in [5.74, 6) is 0.764. The molecule has 7 heteroatoms. The van der Waals surface area contributed by atoms with Crippen LogP contribution in [0.3, 0.4) is 0 Å². The van der Waals surface area contributed by atoms with Crippen LogP contribution in [0.5, 0.6) is 10.9 Å². The van der Waals surface area contributed by atoms with Crippen LogP contribution in [-0.4, -0.2) is 15.9 Å². The van der Waals surface area contributed by atoms with Crippen molar-refractivity contribution in [1.82, 2.24) is 4.98 Å². The number of hydrogen-bond acceptors (Lipinski definition) is 5. The number of rotatable bonds is 4. The van der Waals surface area contributed by atoms with Crippen molar-refractivity contribution in [1.29, 1.82) is 0 Å². The van der Waals surface area contributed by atoms with Crippen molar-refractivity contribution in [3.8, 4) is 10.9 Å². The highest BCUT2D eigenvalue weighted by atomic mass is 35.5. The maximum absolute atomic E-state index is 13.8. The third kappa shape index (κ3) is 3.31. The predicted molar refractivity (Wildman–Crippen MR) is 135 cm³/mol. The summed E-state index contributed by atoms with van der Waals surface area (Å²) in [5.41, 5.74) is 2.05. The van der Waals surface area contributed by atoms with E-state index in [9.17, 15) is 9.90 Å². The molecule has 1 aromatic heterocycles. The molecule has 5 rings (SSSR count). The van der Waals surface area contributed by atoms with E-state index in [0.717, 1.165) is 35.1 Å². The number of carbonyl (C=O) groups is 1. The van der Waals surface area contributed by atoms with Crippen LogP contribution in [0.15, 0.2) is 36.1 Å². The first-order valence-corrected chi connectivity index (χ1v) is 12.7. The zero-order chi connectivity index (χ0) is 23.7. The van der Waals surface area contributed by atoms with Gasteiger partial charge >= 0.3 is 0 Å². The molecule has 2 aliphatic rings. The third-order valence-corrected chi connectivity index (χ3v) is 9.26. The molecule has 2 atom stereocenters. The first kappa shape index (κ1) is 22.7.